The fourth-order valence-electron chi connectivity index (χ4n) is 1.90. The molecule has 0 amide bonds. The molecule has 0 saturated heterocycles. The summed E-state index contributed by atoms with van der Waals surface area (Å²) >= 11 is 1.42. The quantitative estimate of drug-likeness (QED) is 0.485. The van der Waals surface area contributed by atoms with Crippen molar-refractivity contribution in [3.8, 4) is 0 Å². The molecule has 0 aromatic carbocycles. The van der Waals surface area contributed by atoms with Gasteiger partial charge in [-0.15, -0.1) is 15.3 Å². The number of nitrogens with zero attached hydrogens (tertiary/aromatic N) is 7. The van der Waals surface area contributed by atoms with Crippen LogP contribution in [0.3, 0.4) is 0 Å². The third-order valence-corrected chi connectivity index (χ3v) is 3.33. The summed E-state index contributed by atoms with van der Waals surface area (Å²) in [4.78, 5) is 15.6. The van der Waals surface area contributed by atoms with E-state index < -0.39 is 0 Å². The molecule has 20 heavy (non-hydrogen) atoms. The number of rotatable bonds is 3. The van der Waals surface area contributed by atoms with Gasteiger partial charge in [0.1, 0.15) is 5.69 Å². The number of hydrogen-bond donors (Lipinski definition) is 0. The van der Waals surface area contributed by atoms with E-state index in [-0.39, 0.29) is 12.4 Å². The second kappa shape index (κ2) is 4.71. The maximum atomic E-state index is 11.4. The van der Waals surface area contributed by atoms with E-state index in [0.29, 0.717) is 27.8 Å². The number of carbonyl (C=O) groups excluding carboxylic acids is 1. The van der Waals surface area contributed by atoms with Gasteiger partial charge in [-0.1, -0.05) is 11.8 Å². The molecule has 0 saturated carbocycles. The van der Waals surface area contributed by atoms with E-state index in [9.17, 15) is 4.79 Å². The Kier molecular flexibility index (Phi) is 3.01. The summed E-state index contributed by atoms with van der Waals surface area (Å²) in [6.07, 6.45) is 1.92. The Hall–Kier alpha value is -2.23. The fraction of sp³-hybridized carbons (Fsp3) is 0.400. The molecular weight excluding hydrogens is 282 g/mol. The highest BCUT2D eigenvalue weighted by Gasteiger charge is 2.19. The Balaban J connectivity index is 2.24. The minimum Gasteiger partial charge on any atom is -0.469 e. The first-order chi connectivity index (χ1) is 9.63. The van der Waals surface area contributed by atoms with Crippen molar-refractivity contribution in [3.63, 3.8) is 0 Å². The second-order valence-corrected chi connectivity index (χ2v) is 4.78. The van der Waals surface area contributed by atoms with Crippen LogP contribution in [-0.4, -0.2) is 53.9 Å². The maximum Gasteiger partial charge on any atom is 0.311 e. The van der Waals surface area contributed by atoms with Gasteiger partial charge in [0, 0.05) is 7.05 Å². The van der Waals surface area contributed by atoms with Gasteiger partial charge < -0.3 is 4.74 Å². The lowest BCUT2D eigenvalue weighted by Gasteiger charge is -1.95. The third kappa shape index (κ3) is 1.88. The van der Waals surface area contributed by atoms with Gasteiger partial charge in [0.25, 0.3) is 5.78 Å². The first-order valence-electron chi connectivity index (χ1n) is 5.70. The van der Waals surface area contributed by atoms with Crippen molar-refractivity contribution < 1.29 is 9.53 Å². The molecule has 0 fully saturated rings. The molecule has 10 heteroatoms. The van der Waals surface area contributed by atoms with Crippen LogP contribution >= 0.6 is 11.8 Å². The molecular formula is C10H11N7O2S. The van der Waals surface area contributed by atoms with Gasteiger partial charge in [-0.2, -0.15) is 14.6 Å². The standard InChI is InChI=1S/C10H11N7O2S/c1-16-8-7(5(14-16)4-6(18)19-2)12-13-9-11-10(20-3)15-17(8)9/h4H2,1-3H3. The minimum absolute atomic E-state index is 0.0398. The number of esters is 1. The van der Waals surface area contributed by atoms with E-state index in [1.165, 1.54) is 18.9 Å². The number of thioether (sulfide) groups is 1. The highest BCUT2D eigenvalue weighted by atomic mass is 32.2. The fourth-order valence-corrected chi connectivity index (χ4v) is 2.24. The van der Waals surface area contributed by atoms with Crippen LogP contribution in [0.1, 0.15) is 5.69 Å². The van der Waals surface area contributed by atoms with Crippen molar-refractivity contribution in [2.75, 3.05) is 13.4 Å². The first kappa shape index (κ1) is 12.8. The molecule has 0 N–H and O–H groups in total. The van der Waals surface area contributed by atoms with Crippen LogP contribution in [0.15, 0.2) is 5.16 Å². The number of carbonyl (C=O) groups is 1. The predicted molar refractivity (Wildman–Crippen MR) is 70.4 cm³/mol. The summed E-state index contributed by atoms with van der Waals surface area (Å²) in [5.74, 6) is 0.0183. The number of aryl methyl sites for hydroxylation is 1. The van der Waals surface area contributed by atoms with Crippen molar-refractivity contribution in [2.45, 2.75) is 11.6 Å². The normalized spacial score (nSPS) is 11.3. The summed E-state index contributed by atoms with van der Waals surface area (Å²) in [5, 5.41) is 17.3. The monoisotopic (exact) mass is 293 g/mol. The molecule has 0 aliphatic carbocycles. The zero-order chi connectivity index (χ0) is 14.3. The Morgan fingerprint density at radius 2 is 2.15 bits per heavy atom. The Bertz CT molecular complexity index is 809. The molecule has 104 valence electrons. The highest BCUT2D eigenvalue weighted by Crippen LogP contribution is 2.18. The summed E-state index contributed by atoms with van der Waals surface area (Å²) in [5.41, 5.74) is 1.66. The molecule has 0 radical (unpaired) electrons. The van der Waals surface area contributed by atoms with Crippen molar-refractivity contribution in [3.05, 3.63) is 5.69 Å². The van der Waals surface area contributed by atoms with Gasteiger partial charge in [-0.05, 0) is 6.26 Å². The molecule has 9 nitrogen and oxygen atoms in total. The number of aromatic nitrogens is 7. The summed E-state index contributed by atoms with van der Waals surface area (Å²) in [6.45, 7) is 0. The SMILES string of the molecule is COC(=O)Cc1nn(C)c2c1nnc1nc(SC)nn12. The summed E-state index contributed by atoms with van der Waals surface area (Å²) < 4.78 is 7.82. The van der Waals surface area contributed by atoms with Gasteiger partial charge in [0.2, 0.25) is 5.16 Å². The zero-order valence-electron chi connectivity index (χ0n) is 11.1. The number of methoxy groups -OCH3 is 1. The molecule has 0 bridgehead atoms. The van der Waals surface area contributed by atoms with Crippen molar-refractivity contribution in [1.82, 2.24) is 34.6 Å². The Labute approximate surface area is 117 Å². The minimum atomic E-state index is -0.379. The number of ether oxygens (including phenoxy) is 1. The van der Waals surface area contributed by atoms with E-state index in [1.807, 2.05) is 6.26 Å². The van der Waals surface area contributed by atoms with E-state index in [2.05, 4.69) is 30.1 Å². The molecule has 3 heterocycles. The van der Waals surface area contributed by atoms with Gasteiger partial charge in [0.15, 0.2) is 11.2 Å². The molecule has 3 aromatic rings. The molecule has 3 aromatic heterocycles. The Morgan fingerprint density at radius 1 is 1.35 bits per heavy atom. The maximum absolute atomic E-state index is 11.4. The van der Waals surface area contributed by atoms with Crippen molar-refractivity contribution >= 4 is 34.7 Å². The summed E-state index contributed by atoms with van der Waals surface area (Å²) in [6, 6.07) is 0. The topological polar surface area (TPSA) is 100 Å². The number of hydrogen-bond acceptors (Lipinski definition) is 8. The van der Waals surface area contributed by atoms with E-state index >= 15 is 0 Å². The van der Waals surface area contributed by atoms with Crippen LogP contribution in [0.5, 0.6) is 0 Å². The van der Waals surface area contributed by atoms with E-state index in [4.69, 9.17) is 0 Å². The zero-order valence-corrected chi connectivity index (χ0v) is 11.9. The van der Waals surface area contributed by atoms with E-state index in [1.54, 1.807) is 16.2 Å². The average Bonchev–Trinajstić information content (AvgIpc) is 2.99. The molecule has 0 aliphatic rings. The highest BCUT2D eigenvalue weighted by molar-refractivity contribution is 7.98. The van der Waals surface area contributed by atoms with Crippen LogP contribution < -0.4 is 0 Å². The lowest BCUT2D eigenvalue weighted by molar-refractivity contribution is -0.139. The van der Waals surface area contributed by atoms with Gasteiger partial charge in [0.05, 0.1) is 13.5 Å². The summed E-state index contributed by atoms with van der Waals surface area (Å²) in [7, 11) is 3.09. The molecule has 3 rings (SSSR count). The van der Waals surface area contributed by atoms with Gasteiger partial charge in [-0.3, -0.25) is 4.79 Å². The van der Waals surface area contributed by atoms with Crippen LogP contribution in [0.4, 0.5) is 0 Å². The molecule has 0 unspecified atom stereocenters. The van der Waals surface area contributed by atoms with Crippen LogP contribution in [-0.2, 0) is 23.0 Å². The van der Waals surface area contributed by atoms with Crippen LogP contribution in [0.25, 0.3) is 16.9 Å². The largest absolute Gasteiger partial charge is 0.469 e. The molecule has 0 spiro atoms. The number of fused-ring (bicyclic) bond motifs is 3. The molecule has 0 atom stereocenters. The third-order valence-electron chi connectivity index (χ3n) is 2.80. The van der Waals surface area contributed by atoms with E-state index in [0.717, 1.165) is 0 Å². The lowest BCUT2D eigenvalue weighted by atomic mass is 10.3. The lowest BCUT2D eigenvalue weighted by Crippen LogP contribution is -2.06. The predicted octanol–water partition coefficient (Wildman–Crippen LogP) is -0.157. The Morgan fingerprint density at radius 3 is 2.85 bits per heavy atom. The van der Waals surface area contributed by atoms with Gasteiger partial charge in [-0.25, -0.2) is 4.68 Å². The van der Waals surface area contributed by atoms with Crippen molar-refractivity contribution in [1.29, 1.82) is 0 Å². The smallest absolute Gasteiger partial charge is 0.311 e. The average molecular weight is 293 g/mol. The van der Waals surface area contributed by atoms with Crippen molar-refractivity contribution in [2.24, 2.45) is 7.05 Å². The second-order valence-electron chi connectivity index (χ2n) is 4.01. The molecule has 0 aliphatic heterocycles. The van der Waals surface area contributed by atoms with Gasteiger partial charge >= 0.3 is 5.97 Å². The van der Waals surface area contributed by atoms with Crippen LogP contribution in [0, 0.1) is 0 Å². The first-order valence-corrected chi connectivity index (χ1v) is 6.92. The van der Waals surface area contributed by atoms with Crippen LogP contribution in [0.2, 0.25) is 0 Å².